The molecule has 0 aromatic carbocycles. The maximum Gasteiger partial charge on any atom is 0.231 e. The average Bonchev–Trinajstić information content (AvgIpc) is 2.23. The number of carbonyl (C=O) groups excluding carboxylic acids is 1. The number of rotatable bonds is 3. The molecule has 90 valence electrons. The molecule has 1 amide bonds. The molecule has 0 spiro atoms. The lowest BCUT2D eigenvalue weighted by Crippen LogP contribution is -2.48. The second-order valence-corrected chi connectivity index (χ2v) is 5.31. The van der Waals surface area contributed by atoms with Crippen LogP contribution < -0.4 is 5.32 Å². The molecular formula is C12H20N2OS. The molecule has 1 N–H and O–H groups in total. The molecule has 0 atom stereocenters. The van der Waals surface area contributed by atoms with Crippen molar-refractivity contribution in [3.05, 3.63) is 0 Å². The normalized spacial score (nSPS) is 20.2. The molecule has 3 nitrogen and oxygen atoms in total. The predicted molar refractivity (Wildman–Crippen MR) is 67.2 cm³/mol. The summed E-state index contributed by atoms with van der Waals surface area (Å²) in [5, 5.41) is 12.2. The summed E-state index contributed by atoms with van der Waals surface area (Å²) in [4.78, 5) is 11.6. The fourth-order valence-electron chi connectivity index (χ4n) is 2.21. The van der Waals surface area contributed by atoms with Gasteiger partial charge in [-0.25, -0.2) is 0 Å². The highest BCUT2D eigenvalue weighted by atomic mass is 32.2. The van der Waals surface area contributed by atoms with Crippen LogP contribution in [0.5, 0.6) is 0 Å². The standard InChI is InChI=1S/C12H20N2OS/c1-16-9-11(15)14-12(10-13)7-5-3-2-4-6-8-12/h2-9H2,1H3,(H,14,15). The molecule has 0 unspecified atom stereocenters. The SMILES string of the molecule is CSCC(=O)NC1(C#N)CCCCCCC1. The highest BCUT2D eigenvalue weighted by molar-refractivity contribution is 7.99. The lowest BCUT2D eigenvalue weighted by molar-refractivity contribution is -0.120. The van der Waals surface area contributed by atoms with Gasteiger partial charge in [-0.1, -0.05) is 32.1 Å². The second kappa shape index (κ2) is 6.80. The van der Waals surface area contributed by atoms with Crippen LogP contribution in [0, 0.1) is 11.3 Å². The van der Waals surface area contributed by atoms with Crippen molar-refractivity contribution in [3.63, 3.8) is 0 Å². The minimum absolute atomic E-state index is 0.00498. The Hall–Kier alpha value is -0.690. The zero-order valence-electron chi connectivity index (χ0n) is 9.92. The Bertz CT molecular complexity index is 265. The van der Waals surface area contributed by atoms with Gasteiger partial charge in [-0.2, -0.15) is 17.0 Å². The molecule has 0 bridgehead atoms. The predicted octanol–water partition coefficient (Wildman–Crippen LogP) is 2.47. The molecule has 1 saturated carbocycles. The molecule has 0 radical (unpaired) electrons. The number of carbonyl (C=O) groups is 1. The van der Waals surface area contributed by atoms with Crippen LogP contribution in [0.3, 0.4) is 0 Å². The molecule has 4 heteroatoms. The van der Waals surface area contributed by atoms with Crippen molar-refractivity contribution in [1.29, 1.82) is 5.26 Å². The summed E-state index contributed by atoms with van der Waals surface area (Å²) in [6.45, 7) is 0. The van der Waals surface area contributed by atoms with Gasteiger partial charge in [0, 0.05) is 0 Å². The average molecular weight is 240 g/mol. The van der Waals surface area contributed by atoms with Gasteiger partial charge in [0.1, 0.15) is 5.54 Å². The molecule has 0 aromatic rings. The van der Waals surface area contributed by atoms with Crippen LogP contribution in [-0.4, -0.2) is 23.5 Å². The van der Waals surface area contributed by atoms with E-state index in [0.29, 0.717) is 5.75 Å². The van der Waals surface area contributed by atoms with Crippen molar-refractivity contribution in [1.82, 2.24) is 5.32 Å². The molecule has 0 aliphatic heterocycles. The first kappa shape index (κ1) is 13.4. The van der Waals surface area contributed by atoms with Crippen molar-refractivity contribution in [2.75, 3.05) is 12.0 Å². The Morgan fingerprint density at radius 3 is 2.38 bits per heavy atom. The second-order valence-electron chi connectivity index (χ2n) is 4.44. The van der Waals surface area contributed by atoms with Crippen LogP contribution in [0.1, 0.15) is 44.9 Å². The summed E-state index contributed by atoms with van der Waals surface area (Å²) in [6, 6.07) is 2.33. The van der Waals surface area contributed by atoms with Crippen molar-refractivity contribution >= 4 is 17.7 Å². The maximum absolute atomic E-state index is 11.6. The monoisotopic (exact) mass is 240 g/mol. The van der Waals surface area contributed by atoms with E-state index < -0.39 is 5.54 Å². The van der Waals surface area contributed by atoms with E-state index in [9.17, 15) is 10.1 Å². The molecule has 1 rings (SSSR count). The zero-order valence-corrected chi connectivity index (χ0v) is 10.7. The topological polar surface area (TPSA) is 52.9 Å². The third kappa shape index (κ3) is 4.05. The highest BCUT2D eigenvalue weighted by Gasteiger charge is 2.31. The molecule has 1 aliphatic carbocycles. The molecule has 0 aromatic heterocycles. The third-order valence-corrected chi connectivity index (χ3v) is 3.63. The van der Waals surface area contributed by atoms with Gasteiger partial charge in [-0.3, -0.25) is 4.79 Å². The zero-order chi connectivity index (χ0) is 11.9. The van der Waals surface area contributed by atoms with E-state index in [4.69, 9.17) is 0 Å². The molecule has 16 heavy (non-hydrogen) atoms. The first-order chi connectivity index (χ1) is 7.72. The van der Waals surface area contributed by atoms with Crippen LogP contribution >= 0.6 is 11.8 Å². The number of hydrogen-bond donors (Lipinski definition) is 1. The van der Waals surface area contributed by atoms with E-state index in [2.05, 4.69) is 11.4 Å². The quantitative estimate of drug-likeness (QED) is 0.824. The number of amides is 1. The third-order valence-electron chi connectivity index (χ3n) is 3.08. The van der Waals surface area contributed by atoms with Crippen molar-refractivity contribution < 1.29 is 4.79 Å². The summed E-state index contributed by atoms with van der Waals surface area (Å²) in [7, 11) is 0. The van der Waals surface area contributed by atoms with E-state index in [1.807, 2.05) is 6.26 Å². The maximum atomic E-state index is 11.6. The van der Waals surface area contributed by atoms with Gasteiger partial charge in [-0.15, -0.1) is 0 Å². The molecule has 1 fully saturated rings. The summed E-state index contributed by atoms with van der Waals surface area (Å²) < 4.78 is 0. The first-order valence-electron chi connectivity index (χ1n) is 5.94. The van der Waals surface area contributed by atoms with Crippen LogP contribution in [0.2, 0.25) is 0 Å². The van der Waals surface area contributed by atoms with E-state index in [1.165, 1.54) is 31.0 Å². The fourth-order valence-corrected chi connectivity index (χ4v) is 2.54. The van der Waals surface area contributed by atoms with Gasteiger partial charge in [-0.05, 0) is 19.1 Å². The lowest BCUT2D eigenvalue weighted by atomic mass is 9.85. The van der Waals surface area contributed by atoms with Crippen molar-refractivity contribution in [2.45, 2.75) is 50.5 Å². The molecule has 1 aliphatic rings. The van der Waals surface area contributed by atoms with Gasteiger partial charge in [0.15, 0.2) is 0 Å². The Balaban J connectivity index is 2.59. The highest BCUT2D eigenvalue weighted by Crippen LogP contribution is 2.25. The van der Waals surface area contributed by atoms with E-state index in [0.717, 1.165) is 25.7 Å². The minimum atomic E-state index is -0.590. The smallest absolute Gasteiger partial charge is 0.231 e. The van der Waals surface area contributed by atoms with Gasteiger partial charge in [0.25, 0.3) is 0 Å². The van der Waals surface area contributed by atoms with Crippen LogP contribution in [0.4, 0.5) is 0 Å². The number of nitrogens with one attached hydrogen (secondary N) is 1. The van der Waals surface area contributed by atoms with Crippen LogP contribution in [0.15, 0.2) is 0 Å². The summed E-state index contributed by atoms with van der Waals surface area (Å²) in [5.74, 6) is 0.443. The van der Waals surface area contributed by atoms with Gasteiger partial charge < -0.3 is 5.32 Å². The summed E-state index contributed by atoms with van der Waals surface area (Å²) >= 11 is 1.50. The minimum Gasteiger partial charge on any atom is -0.337 e. The number of nitriles is 1. The molecule has 0 heterocycles. The van der Waals surface area contributed by atoms with Crippen LogP contribution in [-0.2, 0) is 4.79 Å². The van der Waals surface area contributed by atoms with Gasteiger partial charge in [0.2, 0.25) is 5.91 Å². The fraction of sp³-hybridized carbons (Fsp3) is 0.833. The number of hydrogen-bond acceptors (Lipinski definition) is 3. The Labute approximate surface area is 102 Å². The van der Waals surface area contributed by atoms with E-state index in [1.54, 1.807) is 0 Å². The van der Waals surface area contributed by atoms with E-state index >= 15 is 0 Å². The summed E-state index contributed by atoms with van der Waals surface area (Å²) in [6.07, 6.45) is 9.24. The van der Waals surface area contributed by atoms with Gasteiger partial charge >= 0.3 is 0 Å². The Kier molecular flexibility index (Phi) is 5.68. The van der Waals surface area contributed by atoms with Crippen molar-refractivity contribution in [3.8, 4) is 6.07 Å². The molecule has 0 saturated heterocycles. The van der Waals surface area contributed by atoms with Crippen molar-refractivity contribution in [2.24, 2.45) is 0 Å². The Morgan fingerprint density at radius 2 is 1.88 bits per heavy atom. The summed E-state index contributed by atoms with van der Waals surface area (Å²) in [5.41, 5.74) is -0.590. The van der Waals surface area contributed by atoms with Gasteiger partial charge in [0.05, 0.1) is 11.8 Å². The first-order valence-corrected chi connectivity index (χ1v) is 7.33. The Morgan fingerprint density at radius 1 is 1.31 bits per heavy atom. The lowest BCUT2D eigenvalue weighted by Gasteiger charge is -2.29. The largest absolute Gasteiger partial charge is 0.337 e. The van der Waals surface area contributed by atoms with Crippen LogP contribution in [0.25, 0.3) is 0 Å². The molecular weight excluding hydrogens is 220 g/mol. The van der Waals surface area contributed by atoms with E-state index in [-0.39, 0.29) is 5.91 Å². The number of thioether (sulfide) groups is 1. The number of nitrogens with zero attached hydrogens (tertiary/aromatic N) is 1.